The van der Waals surface area contributed by atoms with Crippen LogP contribution in [0.15, 0.2) is 158 Å². The van der Waals surface area contributed by atoms with Gasteiger partial charge in [-0.2, -0.15) is 21.9 Å². The Hall–Kier alpha value is -5.42. The zero-order chi connectivity index (χ0) is 36.0. The van der Waals surface area contributed by atoms with E-state index in [0.717, 1.165) is 25.8 Å². The number of pyridine rings is 1. The van der Waals surface area contributed by atoms with Crippen LogP contribution in [-0.4, -0.2) is 22.2 Å². The number of hydrogen-bond acceptors (Lipinski definition) is 1. The van der Waals surface area contributed by atoms with E-state index >= 15 is 0 Å². The number of H-pyrrole nitrogens is 1. The summed E-state index contributed by atoms with van der Waals surface area (Å²) in [5.41, 5.74) is 9.12. The first-order chi connectivity index (χ1) is 25.6. The molecule has 0 spiro atoms. The first-order valence-electron chi connectivity index (χ1n) is 19.1. The van der Waals surface area contributed by atoms with Crippen molar-refractivity contribution in [3.63, 3.8) is 0 Å². The van der Waals surface area contributed by atoms with Gasteiger partial charge in [-0.15, -0.1) is 0 Å². The number of aliphatic carboxylic acids is 1. The second kappa shape index (κ2) is 18.2. The number of nitrogens with zero attached hydrogens (tertiary/aromatic N) is 1. The SMILES string of the molecule is Cc1c2[nH]c3ccccc3c2cc[n+]1CCCCCCCCCCC(=O)O.c1ccc([B-](c2ccccc2)(c2ccccc2)c2ccccc2)cc1. The fraction of sp³-hybridized carbons (Fsp3) is 0.234. The lowest BCUT2D eigenvalue weighted by Crippen LogP contribution is -2.74. The third-order valence-corrected chi connectivity index (χ3v) is 10.7. The zero-order valence-electron chi connectivity index (χ0n) is 30.5. The second-order valence-electron chi connectivity index (χ2n) is 14.0. The zero-order valence-corrected chi connectivity index (χ0v) is 30.5. The summed E-state index contributed by atoms with van der Waals surface area (Å²) < 4.78 is 2.36. The second-order valence-corrected chi connectivity index (χ2v) is 14.0. The fourth-order valence-corrected chi connectivity index (χ4v) is 8.02. The number of aromatic nitrogens is 2. The largest absolute Gasteiger partial charge is 0.481 e. The highest BCUT2D eigenvalue weighted by molar-refractivity contribution is 7.19. The third kappa shape index (κ3) is 8.54. The Morgan fingerprint density at radius 3 is 1.44 bits per heavy atom. The molecule has 0 atom stereocenters. The fourth-order valence-electron chi connectivity index (χ4n) is 8.02. The Bertz CT molecular complexity index is 1970. The van der Waals surface area contributed by atoms with Crippen molar-refractivity contribution < 1.29 is 14.5 Å². The molecule has 2 aromatic heterocycles. The molecule has 0 bridgehead atoms. The van der Waals surface area contributed by atoms with E-state index in [2.05, 4.69) is 174 Å². The summed E-state index contributed by atoms with van der Waals surface area (Å²) in [5, 5.41) is 11.2. The van der Waals surface area contributed by atoms with Crippen LogP contribution in [0.3, 0.4) is 0 Å². The molecule has 2 N–H and O–H groups in total. The van der Waals surface area contributed by atoms with Gasteiger partial charge in [-0.05, 0) is 18.9 Å². The molecule has 5 heteroatoms. The Kier molecular flexibility index (Phi) is 12.7. The lowest BCUT2D eigenvalue weighted by Gasteiger charge is -2.44. The van der Waals surface area contributed by atoms with Crippen LogP contribution < -0.4 is 26.4 Å². The average Bonchev–Trinajstić information content (AvgIpc) is 3.58. The van der Waals surface area contributed by atoms with Gasteiger partial charge in [0.05, 0.1) is 0 Å². The molecule has 7 rings (SSSR count). The van der Waals surface area contributed by atoms with Crippen LogP contribution >= 0.6 is 0 Å². The van der Waals surface area contributed by atoms with E-state index in [1.807, 2.05) is 0 Å². The standard InChI is InChI=1S/C24H20B.C23H30N2O2/c1-5-13-21(14-6-1)25(22-15-7-2-8-16-22,23-17-9-3-10-18-23)24-19-11-4-12-20-24;1-18-23-20(19-12-9-10-13-21(19)24-23)15-17-25(18)16-11-7-5-3-2-4-6-8-14-22(26)27/h1-20H;9-10,12-13,15,17H,2-8,11,14,16H2,1H3,(H,26,27)/q-1;/p+1. The number of benzene rings is 5. The van der Waals surface area contributed by atoms with E-state index in [1.54, 1.807) is 0 Å². The average molecular weight is 687 g/mol. The molecule has 0 saturated carbocycles. The number of rotatable bonds is 15. The summed E-state index contributed by atoms with van der Waals surface area (Å²) in [6.07, 6.45) is 10.6. The lowest BCUT2D eigenvalue weighted by molar-refractivity contribution is -0.701. The number of carbonyl (C=O) groups is 1. The van der Waals surface area contributed by atoms with Crippen LogP contribution in [0.1, 0.15) is 63.5 Å². The van der Waals surface area contributed by atoms with Crippen molar-refractivity contribution in [1.29, 1.82) is 0 Å². The number of aromatic amines is 1. The number of hydrogen-bond donors (Lipinski definition) is 2. The first-order valence-corrected chi connectivity index (χ1v) is 19.1. The lowest BCUT2D eigenvalue weighted by atomic mass is 9.13. The minimum Gasteiger partial charge on any atom is -0.481 e. The van der Waals surface area contributed by atoms with Gasteiger partial charge in [0.2, 0.25) is 5.69 Å². The van der Waals surface area contributed by atoms with Crippen molar-refractivity contribution in [2.75, 3.05) is 0 Å². The molecule has 4 nitrogen and oxygen atoms in total. The molecular weight excluding hydrogens is 635 g/mol. The molecule has 0 saturated heterocycles. The predicted octanol–water partition coefficient (Wildman–Crippen LogP) is 8.58. The first kappa shape index (κ1) is 36.4. The van der Waals surface area contributed by atoms with Gasteiger partial charge in [0.25, 0.3) is 0 Å². The van der Waals surface area contributed by atoms with Gasteiger partial charge in [-0.25, -0.2) is 4.57 Å². The highest BCUT2D eigenvalue weighted by Crippen LogP contribution is 2.25. The van der Waals surface area contributed by atoms with Gasteiger partial charge in [-0.1, -0.05) is 172 Å². The van der Waals surface area contributed by atoms with E-state index in [-0.39, 0.29) is 0 Å². The monoisotopic (exact) mass is 686 g/mol. The molecule has 5 aromatic carbocycles. The summed E-state index contributed by atoms with van der Waals surface area (Å²) in [5.74, 6) is -0.673. The third-order valence-electron chi connectivity index (χ3n) is 10.7. The number of unbranched alkanes of at least 4 members (excludes halogenated alkanes) is 7. The van der Waals surface area contributed by atoms with Gasteiger partial charge in [-0.3, -0.25) is 4.79 Å². The minimum atomic E-state index is -1.22. The van der Waals surface area contributed by atoms with Crippen molar-refractivity contribution in [3.8, 4) is 0 Å². The van der Waals surface area contributed by atoms with Crippen LogP contribution in [0.2, 0.25) is 0 Å². The molecular formula is C47H51BN2O2. The minimum absolute atomic E-state index is 0.317. The number of nitrogens with one attached hydrogen (secondary N) is 1. The highest BCUT2D eigenvalue weighted by Gasteiger charge is 2.31. The van der Waals surface area contributed by atoms with Crippen LogP contribution in [0.25, 0.3) is 21.8 Å². The van der Waals surface area contributed by atoms with Gasteiger partial charge >= 0.3 is 5.97 Å². The molecule has 0 unspecified atom stereocenters. The summed E-state index contributed by atoms with van der Waals surface area (Å²) in [7, 11) is 0. The van der Waals surface area contributed by atoms with Gasteiger partial charge in [0.1, 0.15) is 18.2 Å². The number of aryl methyl sites for hydroxylation is 2. The maximum absolute atomic E-state index is 10.5. The van der Waals surface area contributed by atoms with Gasteiger partial charge in [0.15, 0.2) is 6.20 Å². The predicted molar refractivity (Wildman–Crippen MR) is 220 cm³/mol. The molecule has 0 amide bonds. The van der Waals surface area contributed by atoms with E-state index in [0.29, 0.717) is 6.42 Å². The Morgan fingerprint density at radius 1 is 0.538 bits per heavy atom. The smallest absolute Gasteiger partial charge is 0.303 e. The maximum Gasteiger partial charge on any atom is 0.303 e. The summed E-state index contributed by atoms with van der Waals surface area (Å²) in [4.78, 5) is 14.0. The van der Waals surface area contributed by atoms with Crippen molar-refractivity contribution in [2.24, 2.45) is 0 Å². The van der Waals surface area contributed by atoms with Gasteiger partial charge < -0.3 is 10.1 Å². The quantitative estimate of drug-likeness (QED) is 0.0645. The number of carboxylic acids is 1. The van der Waals surface area contributed by atoms with Crippen molar-refractivity contribution in [3.05, 3.63) is 164 Å². The molecule has 0 aliphatic heterocycles. The van der Waals surface area contributed by atoms with E-state index in [4.69, 9.17) is 5.11 Å². The summed E-state index contributed by atoms with van der Waals surface area (Å²) in [6, 6.07) is 54.3. The molecule has 7 aromatic rings. The van der Waals surface area contributed by atoms with Crippen LogP contribution in [0, 0.1) is 6.92 Å². The van der Waals surface area contributed by atoms with Crippen LogP contribution in [-0.2, 0) is 11.3 Å². The Morgan fingerprint density at radius 2 is 0.962 bits per heavy atom. The summed E-state index contributed by atoms with van der Waals surface area (Å²) in [6.45, 7) is 3.27. The van der Waals surface area contributed by atoms with E-state index in [1.165, 1.54) is 81.5 Å². The number of fused-ring (bicyclic) bond motifs is 3. The van der Waals surface area contributed by atoms with Crippen molar-refractivity contribution in [2.45, 2.75) is 71.3 Å². The molecule has 52 heavy (non-hydrogen) atoms. The summed E-state index contributed by atoms with van der Waals surface area (Å²) >= 11 is 0. The number of carboxylic acid groups (broad SMARTS) is 1. The van der Waals surface area contributed by atoms with E-state index < -0.39 is 12.1 Å². The maximum atomic E-state index is 10.5. The highest BCUT2D eigenvalue weighted by atomic mass is 16.4. The Balaban J connectivity index is 0.000000179. The van der Waals surface area contributed by atoms with Crippen molar-refractivity contribution >= 4 is 55.8 Å². The molecule has 0 aliphatic carbocycles. The van der Waals surface area contributed by atoms with Crippen LogP contribution in [0.4, 0.5) is 0 Å². The van der Waals surface area contributed by atoms with Crippen molar-refractivity contribution in [1.82, 2.24) is 4.98 Å². The molecule has 0 fully saturated rings. The topological polar surface area (TPSA) is 57.0 Å². The Labute approximate surface area is 309 Å². The van der Waals surface area contributed by atoms with Crippen LogP contribution in [0.5, 0.6) is 0 Å². The molecule has 0 radical (unpaired) electrons. The normalized spacial score (nSPS) is 11.3. The molecule has 2 heterocycles. The van der Waals surface area contributed by atoms with Gasteiger partial charge in [0, 0.05) is 42.1 Å². The molecule has 0 aliphatic rings. The molecule has 264 valence electrons. The number of para-hydroxylation sites is 1. The van der Waals surface area contributed by atoms with E-state index in [9.17, 15) is 4.79 Å².